The van der Waals surface area contributed by atoms with Crippen LogP contribution in [0.15, 0.2) is 59.1 Å². The summed E-state index contributed by atoms with van der Waals surface area (Å²) in [6, 6.07) is 16.6. The normalized spacial score (nSPS) is 10.7. The first kappa shape index (κ1) is 22.0. The van der Waals surface area contributed by atoms with Crippen molar-refractivity contribution in [1.82, 2.24) is 14.9 Å². The van der Waals surface area contributed by atoms with E-state index in [1.807, 2.05) is 12.1 Å². The minimum absolute atomic E-state index is 0.130. The molecule has 0 saturated heterocycles. The molecule has 2 aromatic heterocycles. The lowest BCUT2D eigenvalue weighted by atomic mass is 10.1. The summed E-state index contributed by atoms with van der Waals surface area (Å²) in [5.74, 6) is -3.19. The van der Waals surface area contributed by atoms with E-state index in [0.717, 1.165) is 0 Å². The number of halogens is 2. The fourth-order valence-electron chi connectivity index (χ4n) is 3.50. The van der Waals surface area contributed by atoms with E-state index >= 15 is 0 Å². The molecule has 1 amide bonds. The molecule has 164 valence electrons. The minimum Gasteiger partial charge on any atom is -0.505 e. The summed E-state index contributed by atoms with van der Waals surface area (Å²) in [5.41, 5.74) is 1.27. The van der Waals surface area contributed by atoms with Crippen molar-refractivity contribution in [3.63, 3.8) is 0 Å². The number of rotatable bonds is 5. The van der Waals surface area contributed by atoms with E-state index in [-0.39, 0.29) is 16.6 Å². The molecule has 2 heterocycles. The Balaban J connectivity index is 2.09. The second-order valence-corrected chi connectivity index (χ2v) is 7.70. The van der Waals surface area contributed by atoms with Crippen molar-refractivity contribution in [3.05, 3.63) is 76.3 Å². The predicted molar refractivity (Wildman–Crippen MR) is 121 cm³/mol. The third-order valence-electron chi connectivity index (χ3n) is 4.87. The largest absolute Gasteiger partial charge is 0.505 e. The van der Waals surface area contributed by atoms with E-state index in [9.17, 15) is 24.3 Å². The molecule has 0 aliphatic carbocycles. The number of amides is 1. The van der Waals surface area contributed by atoms with Crippen molar-refractivity contribution in [3.8, 4) is 28.8 Å². The van der Waals surface area contributed by atoms with Crippen LogP contribution in [-0.4, -0.2) is 38.2 Å². The molecule has 10 heteroatoms. The number of hydrogen-bond donors (Lipinski definition) is 3. The summed E-state index contributed by atoms with van der Waals surface area (Å²) in [6.07, 6.45) is 0. The van der Waals surface area contributed by atoms with Crippen LogP contribution in [0.2, 0.25) is 0 Å². The maximum absolute atomic E-state index is 13.6. The van der Waals surface area contributed by atoms with E-state index in [2.05, 4.69) is 26.2 Å². The highest BCUT2D eigenvalue weighted by Gasteiger charge is 2.28. The van der Waals surface area contributed by atoms with E-state index in [1.54, 1.807) is 41.0 Å². The quantitative estimate of drug-likeness (QED) is 0.374. The van der Waals surface area contributed by atoms with Gasteiger partial charge in [0.05, 0.1) is 21.1 Å². The number of para-hydroxylation sites is 1. The summed E-state index contributed by atoms with van der Waals surface area (Å²) < 4.78 is 15.6. The van der Waals surface area contributed by atoms with Gasteiger partial charge in [-0.25, -0.2) is 9.37 Å². The summed E-state index contributed by atoms with van der Waals surface area (Å²) in [7, 11) is 0. The lowest BCUT2D eigenvalue weighted by Gasteiger charge is -2.12. The Labute approximate surface area is 194 Å². The molecule has 0 atom stereocenters. The Hall–Kier alpha value is -4.23. The van der Waals surface area contributed by atoms with Gasteiger partial charge in [0, 0.05) is 5.69 Å². The van der Waals surface area contributed by atoms with Crippen molar-refractivity contribution in [2.45, 2.75) is 0 Å². The first-order valence-electron chi connectivity index (χ1n) is 9.51. The molecule has 0 spiro atoms. The summed E-state index contributed by atoms with van der Waals surface area (Å²) in [4.78, 5) is 27.3. The van der Waals surface area contributed by atoms with Gasteiger partial charge in [0.15, 0.2) is 17.1 Å². The molecule has 0 unspecified atom stereocenters. The number of carbonyl (C=O) groups excluding carboxylic acids is 1. The Kier molecular flexibility index (Phi) is 5.81. The highest BCUT2D eigenvalue weighted by atomic mass is 79.9. The van der Waals surface area contributed by atoms with Gasteiger partial charge in [-0.2, -0.15) is 5.26 Å². The highest BCUT2D eigenvalue weighted by molar-refractivity contribution is 9.10. The lowest BCUT2D eigenvalue weighted by molar-refractivity contribution is -0.135. The zero-order valence-corrected chi connectivity index (χ0v) is 18.3. The second kappa shape index (κ2) is 8.72. The third kappa shape index (κ3) is 3.90. The van der Waals surface area contributed by atoms with Gasteiger partial charge in [-0.1, -0.05) is 18.2 Å². The molecular weight excluding hydrogens is 495 g/mol. The summed E-state index contributed by atoms with van der Waals surface area (Å²) in [5, 5.41) is 31.9. The summed E-state index contributed by atoms with van der Waals surface area (Å²) in [6.45, 7) is -0.688. The van der Waals surface area contributed by atoms with Gasteiger partial charge in [-0.05, 0) is 57.9 Å². The zero-order chi connectivity index (χ0) is 23.7. The fourth-order valence-corrected chi connectivity index (χ4v) is 4.28. The molecule has 4 rings (SSSR count). The molecule has 0 bridgehead atoms. The Morgan fingerprint density at radius 1 is 1.15 bits per heavy atom. The van der Waals surface area contributed by atoms with Crippen molar-refractivity contribution < 1.29 is 24.2 Å². The number of aromatic hydroxyl groups is 1. The maximum atomic E-state index is 13.6. The Bertz CT molecular complexity index is 1440. The van der Waals surface area contributed by atoms with Crippen LogP contribution in [0.25, 0.3) is 27.8 Å². The number of fused-ring (bicyclic) bond motifs is 1. The standard InChI is InChI=1S/C23H14BrFN4O4/c24-18-17-21(15(10-26)28-19(22(17)32)23(33)27-11-16(30)31)29(14-4-2-1-3-5-14)20(18)12-6-8-13(25)9-7-12/h1-9,32H,11H2,(H,27,33)(H,30,31). The van der Waals surface area contributed by atoms with Crippen LogP contribution in [0, 0.1) is 17.1 Å². The fraction of sp³-hybridized carbons (Fsp3) is 0.0435. The third-order valence-corrected chi connectivity index (χ3v) is 5.65. The molecule has 8 nitrogen and oxygen atoms in total. The van der Waals surface area contributed by atoms with Gasteiger partial charge in [-0.3, -0.25) is 9.59 Å². The van der Waals surface area contributed by atoms with Crippen LogP contribution in [0.4, 0.5) is 4.39 Å². The van der Waals surface area contributed by atoms with Gasteiger partial charge in [-0.15, -0.1) is 0 Å². The van der Waals surface area contributed by atoms with Crippen LogP contribution in [0.5, 0.6) is 5.75 Å². The van der Waals surface area contributed by atoms with Crippen molar-refractivity contribution in [2.24, 2.45) is 0 Å². The number of pyridine rings is 1. The zero-order valence-electron chi connectivity index (χ0n) is 16.7. The van der Waals surface area contributed by atoms with Crippen LogP contribution in [0.3, 0.4) is 0 Å². The van der Waals surface area contributed by atoms with Crippen molar-refractivity contribution in [2.75, 3.05) is 6.54 Å². The topological polar surface area (TPSA) is 128 Å². The molecule has 0 saturated carbocycles. The van der Waals surface area contributed by atoms with E-state index in [0.29, 0.717) is 21.4 Å². The predicted octanol–water partition coefficient (Wildman–Crippen LogP) is 3.99. The minimum atomic E-state index is -1.28. The first-order valence-corrected chi connectivity index (χ1v) is 10.3. The van der Waals surface area contributed by atoms with Crippen molar-refractivity contribution >= 4 is 38.7 Å². The van der Waals surface area contributed by atoms with Crippen molar-refractivity contribution in [1.29, 1.82) is 5.26 Å². The number of aromatic nitrogens is 2. The molecule has 0 radical (unpaired) electrons. The lowest BCUT2D eigenvalue weighted by Crippen LogP contribution is -2.30. The van der Waals surface area contributed by atoms with Gasteiger partial charge in [0.25, 0.3) is 5.91 Å². The first-order chi connectivity index (χ1) is 15.8. The molecule has 33 heavy (non-hydrogen) atoms. The highest BCUT2D eigenvalue weighted by Crippen LogP contribution is 2.45. The van der Waals surface area contributed by atoms with E-state index in [1.165, 1.54) is 12.1 Å². The van der Waals surface area contributed by atoms with Crippen LogP contribution < -0.4 is 5.32 Å². The molecule has 3 N–H and O–H groups in total. The number of benzene rings is 2. The average Bonchev–Trinajstić information content (AvgIpc) is 3.12. The van der Waals surface area contributed by atoms with Gasteiger partial charge in [0.1, 0.15) is 18.4 Å². The average molecular weight is 509 g/mol. The number of nitrogens with zero attached hydrogens (tertiary/aromatic N) is 3. The van der Waals surface area contributed by atoms with Crippen LogP contribution >= 0.6 is 15.9 Å². The molecule has 0 fully saturated rings. The van der Waals surface area contributed by atoms with Gasteiger partial charge < -0.3 is 20.1 Å². The number of carboxylic acids is 1. The van der Waals surface area contributed by atoms with Crippen LogP contribution in [-0.2, 0) is 4.79 Å². The SMILES string of the molecule is N#Cc1nc(C(=O)NCC(=O)O)c(O)c2c(Br)c(-c3ccc(F)cc3)n(-c3ccccc3)c12. The van der Waals surface area contributed by atoms with E-state index < -0.39 is 35.7 Å². The number of hydrogen-bond acceptors (Lipinski definition) is 5. The molecule has 0 aliphatic heterocycles. The number of nitriles is 1. The number of carbonyl (C=O) groups is 2. The molecule has 0 aliphatic rings. The number of aliphatic carboxylic acids is 1. The van der Waals surface area contributed by atoms with Crippen LogP contribution in [0.1, 0.15) is 16.2 Å². The smallest absolute Gasteiger partial charge is 0.322 e. The summed E-state index contributed by atoms with van der Waals surface area (Å²) >= 11 is 3.48. The number of nitrogens with one attached hydrogen (secondary N) is 1. The Morgan fingerprint density at radius 2 is 1.82 bits per heavy atom. The van der Waals surface area contributed by atoms with E-state index in [4.69, 9.17) is 5.11 Å². The number of carboxylic acid groups (broad SMARTS) is 1. The molecule has 4 aromatic rings. The van der Waals surface area contributed by atoms with Gasteiger partial charge >= 0.3 is 5.97 Å². The van der Waals surface area contributed by atoms with Gasteiger partial charge in [0.2, 0.25) is 0 Å². The molecule has 2 aromatic carbocycles. The monoisotopic (exact) mass is 508 g/mol. The second-order valence-electron chi connectivity index (χ2n) is 6.91. The maximum Gasteiger partial charge on any atom is 0.322 e. The molecular formula is C23H14BrFN4O4. The Morgan fingerprint density at radius 3 is 2.42 bits per heavy atom.